The molecule has 0 saturated carbocycles. The Bertz CT molecular complexity index is 594. The largest absolute Gasteiger partial charge is 0.495 e. The van der Waals surface area contributed by atoms with Crippen molar-refractivity contribution >= 4 is 23.3 Å². The molecule has 0 aliphatic rings. The molecule has 19 heavy (non-hydrogen) atoms. The van der Waals surface area contributed by atoms with Gasteiger partial charge in [-0.1, -0.05) is 11.6 Å². The van der Waals surface area contributed by atoms with Crippen LogP contribution in [0.4, 0.5) is 5.69 Å². The van der Waals surface area contributed by atoms with Crippen molar-refractivity contribution in [2.45, 2.75) is 6.54 Å². The standard InChI is InChI=1S/C13H12ClNO4/c1-18-11-3-2-8(14)6-10(11)15-7-12-9(13(16)17)4-5-19-12/h2-6,15H,7H2,1H3,(H,16,17). The molecule has 0 radical (unpaired) electrons. The van der Waals surface area contributed by atoms with Crippen LogP contribution < -0.4 is 10.1 Å². The summed E-state index contributed by atoms with van der Waals surface area (Å²) in [5.74, 6) is -0.0639. The maximum atomic E-state index is 10.9. The molecule has 0 spiro atoms. The van der Waals surface area contributed by atoms with Crippen LogP contribution in [-0.4, -0.2) is 18.2 Å². The zero-order valence-electron chi connectivity index (χ0n) is 10.1. The molecule has 0 amide bonds. The van der Waals surface area contributed by atoms with Gasteiger partial charge in [-0.2, -0.15) is 0 Å². The molecule has 6 heteroatoms. The second-order valence-electron chi connectivity index (χ2n) is 3.76. The number of anilines is 1. The summed E-state index contributed by atoms with van der Waals surface area (Å²) in [4.78, 5) is 10.9. The minimum atomic E-state index is -1.02. The highest BCUT2D eigenvalue weighted by Gasteiger charge is 2.13. The van der Waals surface area contributed by atoms with Crippen LogP contribution >= 0.6 is 11.6 Å². The van der Waals surface area contributed by atoms with Crippen LogP contribution in [0.15, 0.2) is 34.9 Å². The van der Waals surface area contributed by atoms with E-state index in [9.17, 15) is 4.79 Å². The molecular weight excluding hydrogens is 270 g/mol. The first kappa shape index (κ1) is 13.3. The van der Waals surface area contributed by atoms with E-state index in [1.165, 1.54) is 12.3 Å². The highest BCUT2D eigenvalue weighted by atomic mass is 35.5. The molecule has 0 fully saturated rings. The highest BCUT2D eigenvalue weighted by Crippen LogP contribution is 2.28. The third kappa shape index (κ3) is 3.00. The fraction of sp³-hybridized carbons (Fsp3) is 0.154. The lowest BCUT2D eigenvalue weighted by Gasteiger charge is -2.10. The van der Waals surface area contributed by atoms with Crippen molar-refractivity contribution < 1.29 is 19.1 Å². The van der Waals surface area contributed by atoms with E-state index in [0.717, 1.165) is 0 Å². The number of carboxylic acid groups (broad SMARTS) is 1. The molecule has 5 nitrogen and oxygen atoms in total. The molecule has 0 unspecified atom stereocenters. The van der Waals surface area contributed by atoms with Gasteiger partial charge in [-0.15, -0.1) is 0 Å². The Morgan fingerprint density at radius 2 is 2.26 bits per heavy atom. The molecule has 1 aromatic carbocycles. The van der Waals surface area contributed by atoms with Gasteiger partial charge in [0.15, 0.2) is 0 Å². The van der Waals surface area contributed by atoms with E-state index < -0.39 is 5.97 Å². The first-order valence-corrected chi connectivity index (χ1v) is 5.86. The van der Waals surface area contributed by atoms with Gasteiger partial charge in [-0.25, -0.2) is 4.79 Å². The van der Waals surface area contributed by atoms with Crippen molar-refractivity contribution in [3.05, 3.63) is 46.9 Å². The Morgan fingerprint density at radius 1 is 1.47 bits per heavy atom. The lowest BCUT2D eigenvalue weighted by molar-refractivity contribution is 0.0694. The maximum absolute atomic E-state index is 10.9. The number of carboxylic acids is 1. The van der Waals surface area contributed by atoms with E-state index in [1.807, 2.05) is 0 Å². The first-order chi connectivity index (χ1) is 9.11. The van der Waals surface area contributed by atoms with Gasteiger partial charge >= 0.3 is 5.97 Å². The second-order valence-corrected chi connectivity index (χ2v) is 4.20. The van der Waals surface area contributed by atoms with E-state index in [4.69, 9.17) is 25.9 Å². The van der Waals surface area contributed by atoms with Crippen LogP contribution in [0.5, 0.6) is 5.75 Å². The Kier molecular flexibility index (Phi) is 3.97. The van der Waals surface area contributed by atoms with Gasteiger partial charge < -0.3 is 19.6 Å². The minimum absolute atomic E-state index is 0.133. The molecule has 0 bridgehead atoms. The molecule has 1 aromatic heterocycles. The highest BCUT2D eigenvalue weighted by molar-refractivity contribution is 6.30. The molecule has 2 aromatic rings. The predicted molar refractivity (Wildman–Crippen MR) is 71.0 cm³/mol. The van der Waals surface area contributed by atoms with Gasteiger partial charge in [0, 0.05) is 5.02 Å². The van der Waals surface area contributed by atoms with Crippen LogP contribution in [-0.2, 0) is 6.54 Å². The molecule has 2 rings (SSSR count). The molecule has 0 atom stereocenters. The number of rotatable bonds is 5. The van der Waals surface area contributed by atoms with E-state index in [-0.39, 0.29) is 12.1 Å². The number of halogens is 1. The van der Waals surface area contributed by atoms with Crippen molar-refractivity contribution in [1.82, 2.24) is 0 Å². The van der Waals surface area contributed by atoms with Crippen molar-refractivity contribution in [2.24, 2.45) is 0 Å². The zero-order valence-corrected chi connectivity index (χ0v) is 10.9. The van der Waals surface area contributed by atoms with Crippen LogP contribution in [0, 0.1) is 0 Å². The second kappa shape index (κ2) is 5.67. The van der Waals surface area contributed by atoms with Crippen LogP contribution in [0.1, 0.15) is 16.1 Å². The SMILES string of the molecule is COc1ccc(Cl)cc1NCc1occc1C(=O)O. The lowest BCUT2D eigenvalue weighted by Crippen LogP contribution is -2.05. The summed E-state index contributed by atoms with van der Waals surface area (Å²) in [5, 5.41) is 12.6. The molecule has 2 N–H and O–H groups in total. The Labute approximate surface area is 114 Å². The average molecular weight is 282 g/mol. The number of carbonyl (C=O) groups is 1. The zero-order chi connectivity index (χ0) is 13.8. The van der Waals surface area contributed by atoms with Gasteiger partial charge in [-0.3, -0.25) is 0 Å². The normalized spacial score (nSPS) is 10.2. The topological polar surface area (TPSA) is 71.7 Å². The molecular formula is C13H12ClNO4. The number of methoxy groups -OCH3 is 1. The summed E-state index contributed by atoms with van der Waals surface area (Å²) < 4.78 is 10.3. The van der Waals surface area contributed by atoms with Crippen molar-refractivity contribution in [2.75, 3.05) is 12.4 Å². The summed E-state index contributed by atoms with van der Waals surface area (Å²) >= 11 is 5.90. The number of benzene rings is 1. The quantitative estimate of drug-likeness (QED) is 0.880. The van der Waals surface area contributed by atoms with Crippen LogP contribution in [0.3, 0.4) is 0 Å². The van der Waals surface area contributed by atoms with Crippen molar-refractivity contribution in [1.29, 1.82) is 0 Å². The summed E-state index contributed by atoms with van der Waals surface area (Å²) in [6, 6.07) is 6.55. The Morgan fingerprint density at radius 3 is 2.95 bits per heavy atom. The average Bonchev–Trinajstić information content (AvgIpc) is 2.85. The molecule has 0 aliphatic carbocycles. The summed E-state index contributed by atoms with van der Waals surface area (Å²) in [7, 11) is 1.55. The number of hydrogen-bond donors (Lipinski definition) is 2. The first-order valence-electron chi connectivity index (χ1n) is 5.49. The molecule has 1 heterocycles. The predicted octanol–water partition coefficient (Wildman–Crippen LogP) is 3.25. The summed E-state index contributed by atoms with van der Waals surface area (Å²) in [6.07, 6.45) is 1.34. The summed E-state index contributed by atoms with van der Waals surface area (Å²) in [6.45, 7) is 0.228. The fourth-order valence-corrected chi connectivity index (χ4v) is 1.83. The number of furan rings is 1. The molecule has 100 valence electrons. The number of aromatic carboxylic acids is 1. The van der Waals surface area contributed by atoms with E-state index in [0.29, 0.717) is 22.2 Å². The van der Waals surface area contributed by atoms with E-state index >= 15 is 0 Å². The van der Waals surface area contributed by atoms with E-state index in [1.54, 1.807) is 25.3 Å². The summed E-state index contributed by atoms with van der Waals surface area (Å²) in [5.41, 5.74) is 0.802. The minimum Gasteiger partial charge on any atom is -0.495 e. The Hall–Kier alpha value is -2.14. The number of hydrogen-bond acceptors (Lipinski definition) is 4. The van der Waals surface area contributed by atoms with Gasteiger partial charge in [0.05, 0.1) is 25.6 Å². The van der Waals surface area contributed by atoms with Crippen molar-refractivity contribution in [3.63, 3.8) is 0 Å². The van der Waals surface area contributed by atoms with E-state index in [2.05, 4.69) is 5.32 Å². The third-order valence-corrected chi connectivity index (χ3v) is 2.81. The maximum Gasteiger partial charge on any atom is 0.339 e. The van der Waals surface area contributed by atoms with Gasteiger partial charge in [0.2, 0.25) is 0 Å². The van der Waals surface area contributed by atoms with Crippen LogP contribution in [0.2, 0.25) is 5.02 Å². The molecule has 0 aliphatic heterocycles. The molecule has 0 saturated heterocycles. The van der Waals surface area contributed by atoms with Gasteiger partial charge in [0.25, 0.3) is 0 Å². The van der Waals surface area contributed by atoms with Gasteiger partial charge in [-0.05, 0) is 24.3 Å². The third-order valence-electron chi connectivity index (χ3n) is 2.58. The van der Waals surface area contributed by atoms with Gasteiger partial charge in [0.1, 0.15) is 17.1 Å². The number of ether oxygens (including phenoxy) is 1. The smallest absolute Gasteiger partial charge is 0.339 e. The Balaban J connectivity index is 2.16. The van der Waals surface area contributed by atoms with Crippen molar-refractivity contribution in [3.8, 4) is 5.75 Å². The van der Waals surface area contributed by atoms with Crippen LogP contribution in [0.25, 0.3) is 0 Å². The lowest BCUT2D eigenvalue weighted by atomic mass is 10.2. The number of nitrogens with one attached hydrogen (secondary N) is 1. The fourth-order valence-electron chi connectivity index (χ4n) is 1.66. The monoisotopic (exact) mass is 281 g/mol.